The van der Waals surface area contributed by atoms with E-state index in [4.69, 9.17) is 23.3 Å². The van der Waals surface area contributed by atoms with Crippen molar-refractivity contribution in [1.29, 1.82) is 0 Å². The van der Waals surface area contributed by atoms with Crippen LogP contribution >= 0.6 is 7.82 Å². The summed E-state index contributed by atoms with van der Waals surface area (Å²) in [7, 11) is 1.15. The molecule has 59 heavy (non-hydrogen) atoms. The summed E-state index contributed by atoms with van der Waals surface area (Å²) in [5.74, 6) is -0.854. The number of carbonyl (C=O) groups excluding carboxylic acids is 2. The number of unbranched alkanes of at least 4 members (excludes halogenated alkanes) is 22. The molecule has 11 heteroatoms. The van der Waals surface area contributed by atoms with Crippen LogP contribution in [0.2, 0.25) is 0 Å². The van der Waals surface area contributed by atoms with Crippen LogP contribution in [0.15, 0.2) is 24.3 Å². The molecule has 4 atom stereocenters. The minimum absolute atomic E-state index is 0.0359. The van der Waals surface area contributed by atoms with Crippen LogP contribution in [-0.4, -0.2) is 82.2 Å². The number of carbonyl (C=O) groups is 2. The van der Waals surface area contributed by atoms with Gasteiger partial charge in [0.1, 0.15) is 19.8 Å². The van der Waals surface area contributed by atoms with Crippen LogP contribution in [0.3, 0.4) is 0 Å². The molecule has 0 N–H and O–H groups in total. The summed E-state index contributed by atoms with van der Waals surface area (Å²) in [5.41, 5.74) is 0. The van der Waals surface area contributed by atoms with E-state index in [0.717, 1.165) is 64.2 Å². The van der Waals surface area contributed by atoms with E-state index in [1.54, 1.807) is 0 Å². The van der Waals surface area contributed by atoms with Crippen molar-refractivity contribution in [1.82, 2.24) is 0 Å². The molecule has 1 saturated heterocycles. The normalized spacial score (nSPS) is 17.1. The number of ether oxygens (including phenoxy) is 3. The van der Waals surface area contributed by atoms with Gasteiger partial charge < -0.3 is 32.6 Å². The zero-order valence-electron chi connectivity index (χ0n) is 38.7. The van der Waals surface area contributed by atoms with Crippen LogP contribution < -0.4 is 4.89 Å². The molecule has 3 unspecified atom stereocenters. The predicted octanol–water partition coefficient (Wildman–Crippen LogP) is 12.3. The molecular weight excluding hydrogens is 766 g/mol. The lowest BCUT2D eigenvalue weighted by atomic mass is 10.1. The number of phosphoric ester groups is 1. The molecule has 0 saturated carbocycles. The van der Waals surface area contributed by atoms with Gasteiger partial charge in [-0.05, 0) is 64.2 Å². The highest BCUT2D eigenvalue weighted by Gasteiger charge is 2.36. The number of esters is 2. The zero-order valence-corrected chi connectivity index (χ0v) is 39.5. The lowest BCUT2D eigenvalue weighted by Crippen LogP contribution is -2.37. The molecule has 0 spiro atoms. The Bertz CT molecular complexity index is 1120. The second-order valence-corrected chi connectivity index (χ2v) is 19.3. The monoisotopic (exact) mass is 856 g/mol. The summed E-state index contributed by atoms with van der Waals surface area (Å²) in [6.45, 7) is 4.18. The first-order valence-electron chi connectivity index (χ1n) is 24.2. The van der Waals surface area contributed by atoms with Gasteiger partial charge in [-0.15, -0.1) is 0 Å². The molecule has 346 valence electrons. The lowest BCUT2D eigenvalue weighted by Gasteiger charge is -2.28. The van der Waals surface area contributed by atoms with Crippen molar-refractivity contribution >= 4 is 19.8 Å². The summed E-state index contributed by atoms with van der Waals surface area (Å²) < 4.78 is 39.8. The lowest BCUT2D eigenvalue weighted by molar-refractivity contribution is -0.870. The van der Waals surface area contributed by atoms with Gasteiger partial charge in [0.2, 0.25) is 0 Å². The molecule has 0 radical (unpaired) electrons. The second kappa shape index (κ2) is 37.0. The van der Waals surface area contributed by atoms with Crippen LogP contribution in [0.1, 0.15) is 206 Å². The van der Waals surface area contributed by atoms with Gasteiger partial charge in [0.05, 0.1) is 40.0 Å². The molecule has 0 bridgehead atoms. The van der Waals surface area contributed by atoms with Crippen molar-refractivity contribution in [3.8, 4) is 0 Å². The molecule has 1 fully saturated rings. The fourth-order valence-electron chi connectivity index (χ4n) is 6.95. The molecule has 0 aromatic carbocycles. The molecule has 0 aliphatic carbocycles. The van der Waals surface area contributed by atoms with Crippen LogP contribution in [0, 0.1) is 0 Å². The third-order valence-corrected chi connectivity index (χ3v) is 11.8. The number of rotatable bonds is 43. The molecule has 0 amide bonds. The van der Waals surface area contributed by atoms with Gasteiger partial charge in [0.15, 0.2) is 6.10 Å². The van der Waals surface area contributed by atoms with E-state index >= 15 is 0 Å². The maximum atomic E-state index is 12.7. The summed E-state index contributed by atoms with van der Waals surface area (Å²) in [4.78, 5) is 37.7. The van der Waals surface area contributed by atoms with Gasteiger partial charge in [0, 0.05) is 12.8 Å². The topological polar surface area (TPSA) is 124 Å². The Labute approximate surface area is 362 Å². The molecule has 10 nitrogen and oxygen atoms in total. The van der Waals surface area contributed by atoms with E-state index in [-0.39, 0.29) is 26.1 Å². The second-order valence-electron chi connectivity index (χ2n) is 17.9. The fourth-order valence-corrected chi connectivity index (χ4v) is 7.68. The first-order chi connectivity index (χ1) is 28.5. The van der Waals surface area contributed by atoms with E-state index in [1.807, 2.05) is 21.1 Å². The Morgan fingerprint density at radius 3 is 1.66 bits per heavy atom. The number of nitrogens with zero attached hydrogens (tertiary/aromatic N) is 1. The highest BCUT2D eigenvalue weighted by Crippen LogP contribution is 2.38. The van der Waals surface area contributed by atoms with Gasteiger partial charge in [-0.25, -0.2) is 0 Å². The van der Waals surface area contributed by atoms with Gasteiger partial charge in [0.25, 0.3) is 7.82 Å². The Kier molecular flexibility index (Phi) is 34.8. The molecule has 1 heterocycles. The minimum Gasteiger partial charge on any atom is -0.756 e. The summed E-state index contributed by atoms with van der Waals surface area (Å²) in [6, 6.07) is 0. The van der Waals surface area contributed by atoms with Gasteiger partial charge in [-0.2, -0.15) is 0 Å². The molecule has 1 aliphatic heterocycles. The summed E-state index contributed by atoms with van der Waals surface area (Å²) in [6.07, 6.45) is 42.2. The van der Waals surface area contributed by atoms with Gasteiger partial charge in [-0.1, -0.05) is 154 Å². The van der Waals surface area contributed by atoms with Gasteiger partial charge >= 0.3 is 11.9 Å². The van der Waals surface area contributed by atoms with Crippen molar-refractivity contribution in [3.05, 3.63) is 24.3 Å². The Morgan fingerprint density at radius 2 is 1.08 bits per heavy atom. The zero-order chi connectivity index (χ0) is 43.3. The maximum absolute atomic E-state index is 12.7. The van der Waals surface area contributed by atoms with Crippen LogP contribution in [0.4, 0.5) is 0 Å². The molecule has 0 aromatic heterocycles. The van der Waals surface area contributed by atoms with E-state index in [0.29, 0.717) is 29.7 Å². The first-order valence-corrected chi connectivity index (χ1v) is 25.6. The third-order valence-electron chi connectivity index (χ3n) is 10.9. The largest absolute Gasteiger partial charge is 0.756 e. The van der Waals surface area contributed by atoms with Crippen molar-refractivity contribution in [3.63, 3.8) is 0 Å². The van der Waals surface area contributed by atoms with Crippen LogP contribution in [-0.2, 0) is 37.4 Å². The summed E-state index contributed by atoms with van der Waals surface area (Å²) in [5, 5.41) is 0. The van der Waals surface area contributed by atoms with Crippen molar-refractivity contribution in [2.45, 2.75) is 225 Å². The summed E-state index contributed by atoms with van der Waals surface area (Å²) >= 11 is 0. The van der Waals surface area contributed by atoms with Crippen molar-refractivity contribution in [2.24, 2.45) is 0 Å². The number of hydrogen-bond acceptors (Lipinski definition) is 9. The number of quaternary nitrogens is 1. The standard InChI is InChI=1S/C48H90NO9P/c1-6-8-10-12-14-15-16-17-18-19-20-21-22-23-24-25-26-30-34-38-47(50)54-42-44(43-56-59(52,53)55-41-40-49(3,4)5)57-48(51)39-35-31-27-29-33-37-46-45(58-46)36-32-28-13-11-9-7-2/h17-18,28,32,44-46H,6-16,19-27,29-31,33-43H2,1-5H3/b18-17-,32-28-/t44-,45?,46?/m1/s1. The average molecular weight is 856 g/mol. The predicted molar refractivity (Wildman–Crippen MR) is 240 cm³/mol. The SMILES string of the molecule is CCCCC/C=C\CC1OC1CCCCCCCC(=O)O[C@H](COC(=O)CCCCCCCCCCC/C=C\CCCCCCCC)COP(=O)([O-])OCC[N+](C)(C)C. The van der Waals surface area contributed by atoms with Crippen LogP contribution in [0.25, 0.3) is 0 Å². The Morgan fingerprint density at radius 1 is 0.610 bits per heavy atom. The molecule has 1 aliphatic rings. The smallest absolute Gasteiger partial charge is 0.306 e. The fraction of sp³-hybridized carbons (Fsp3) is 0.875. The number of phosphoric acid groups is 1. The van der Waals surface area contributed by atoms with Crippen LogP contribution in [0.5, 0.6) is 0 Å². The van der Waals surface area contributed by atoms with E-state index in [1.165, 1.54) is 109 Å². The van der Waals surface area contributed by atoms with Crippen molar-refractivity contribution in [2.75, 3.05) is 47.5 Å². The number of hydrogen-bond donors (Lipinski definition) is 0. The number of epoxide rings is 1. The molecule has 0 aromatic rings. The van der Waals surface area contributed by atoms with E-state index in [9.17, 15) is 19.0 Å². The maximum Gasteiger partial charge on any atom is 0.306 e. The van der Waals surface area contributed by atoms with E-state index < -0.39 is 32.5 Å². The third kappa shape index (κ3) is 37.9. The first kappa shape index (κ1) is 55.5. The highest BCUT2D eigenvalue weighted by atomic mass is 31.2. The quantitative estimate of drug-likeness (QED) is 0.0147. The van der Waals surface area contributed by atoms with Crippen molar-refractivity contribution < 1.29 is 46.8 Å². The number of allylic oxidation sites excluding steroid dienone is 3. The molecular formula is C48H90NO9P. The molecule has 1 rings (SSSR count). The number of likely N-dealkylation sites (N-methyl/N-ethyl adjacent to an activating group) is 1. The minimum atomic E-state index is -4.64. The van der Waals surface area contributed by atoms with E-state index in [2.05, 4.69) is 38.2 Å². The average Bonchev–Trinajstić information content (AvgIpc) is 3.94. The Hall–Kier alpha value is -1.55. The van der Waals surface area contributed by atoms with Gasteiger partial charge in [-0.3, -0.25) is 14.2 Å². The highest BCUT2D eigenvalue weighted by molar-refractivity contribution is 7.45. The Balaban J connectivity index is 2.24.